The highest BCUT2D eigenvalue weighted by Gasteiger charge is 2.39. The number of ether oxygens (including phenoxy) is 5. The van der Waals surface area contributed by atoms with E-state index in [9.17, 15) is 23.2 Å². The second-order valence-corrected chi connectivity index (χ2v) is 19.9. The molecule has 69 heavy (non-hydrogen) atoms. The van der Waals surface area contributed by atoms with Gasteiger partial charge in [-0.3, -0.25) is 9.69 Å². The molecule has 5 aliphatic rings. The molecule has 17 heteroatoms. The first kappa shape index (κ1) is 48.4. The van der Waals surface area contributed by atoms with Gasteiger partial charge >= 0.3 is 18.7 Å². The van der Waals surface area contributed by atoms with Crippen molar-refractivity contribution in [3.8, 4) is 17.2 Å². The predicted molar refractivity (Wildman–Crippen MR) is 257 cm³/mol. The average molecular weight is 1000 g/mol. The van der Waals surface area contributed by atoms with Gasteiger partial charge in [-0.2, -0.15) is 8.78 Å². The van der Waals surface area contributed by atoms with E-state index in [1.165, 1.54) is 34.9 Å². The van der Waals surface area contributed by atoms with Gasteiger partial charge < -0.3 is 33.9 Å². The number of benzene rings is 4. The number of thioether (sulfide) groups is 1. The van der Waals surface area contributed by atoms with Gasteiger partial charge in [0.2, 0.25) is 0 Å². The lowest BCUT2D eigenvalue weighted by atomic mass is 9.86. The number of aromatic nitrogens is 1. The average Bonchev–Trinajstić information content (AvgIpc) is 4.05. The number of nitrogens with one attached hydrogen (secondary N) is 1. The number of alkyl halides is 2. The first-order chi connectivity index (χ1) is 33.4. The molecule has 1 N–H and O–H groups in total. The Morgan fingerprint density at radius 3 is 2.26 bits per heavy atom. The number of carbonyl (C=O) groups excluding carboxylic acids is 3. The van der Waals surface area contributed by atoms with Gasteiger partial charge in [0.25, 0.3) is 5.91 Å². The minimum absolute atomic E-state index is 0.0411. The number of halogens is 4. The summed E-state index contributed by atoms with van der Waals surface area (Å²) in [5, 5.41) is 2.82. The summed E-state index contributed by atoms with van der Waals surface area (Å²) in [6.07, 6.45) is 5.86. The van der Waals surface area contributed by atoms with E-state index in [1.807, 2.05) is 54.6 Å². The molecule has 1 saturated carbocycles. The Hall–Kier alpha value is -5.61. The molecule has 4 saturated heterocycles. The fourth-order valence-electron chi connectivity index (χ4n) is 9.07. The van der Waals surface area contributed by atoms with E-state index < -0.39 is 36.2 Å². The summed E-state index contributed by atoms with van der Waals surface area (Å²) < 4.78 is 57.7. The molecule has 10 rings (SSSR count). The van der Waals surface area contributed by atoms with Crippen molar-refractivity contribution >= 4 is 52.9 Å². The van der Waals surface area contributed by atoms with Crippen molar-refractivity contribution < 1.29 is 51.4 Å². The number of esters is 1. The van der Waals surface area contributed by atoms with Crippen molar-refractivity contribution in [2.45, 2.75) is 68.9 Å². The standard InChI is InChI=1S/C52H52Cl2F2N4O8S/c1-58-27-41(53)40(42(54)28-58)26-44(37-16-17-43(67-51(55)56)45(25-37)65-31-32-10-11-32)66-50(62)49-60(22-23-69-49)48(61)36-14-12-33(13-15-36)30-64-39-9-5-8-38(24-39)47(35-6-3-2-4-7-35)57-52(63)68-46-29-59-20-18-34(46)19-21-59/h2-9,12-17,24-25,27-28,32,34,44,46-47,49,51H,10-11,18-23,26,29-31H2,1H3/p+1/t44-,46-,47-,49-/m0/s1. The number of amides is 2. The van der Waals surface area contributed by atoms with Crippen LogP contribution in [0.2, 0.25) is 10.0 Å². The summed E-state index contributed by atoms with van der Waals surface area (Å²) in [5.41, 5.74) is 3.87. The molecule has 1 aliphatic carbocycles. The first-order valence-electron chi connectivity index (χ1n) is 23.2. The zero-order chi connectivity index (χ0) is 48.0. The third-order valence-electron chi connectivity index (χ3n) is 13.0. The lowest BCUT2D eigenvalue weighted by Gasteiger charge is -2.43. The van der Waals surface area contributed by atoms with E-state index >= 15 is 0 Å². The molecule has 0 spiro atoms. The zero-order valence-corrected chi connectivity index (χ0v) is 40.3. The Bertz CT molecular complexity index is 2600. The van der Waals surface area contributed by atoms with Gasteiger partial charge in [0.1, 0.15) is 41.7 Å². The Balaban J connectivity index is 0.860. The van der Waals surface area contributed by atoms with Gasteiger partial charge in [-0.05, 0) is 109 Å². The summed E-state index contributed by atoms with van der Waals surface area (Å²) >= 11 is 14.6. The van der Waals surface area contributed by atoms with E-state index in [2.05, 4.69) is 10.2 Å². The number of alkyl carbamates (subject to hydrolysis) is 1. The van der Waals surface area contributed by atoms with Crippen LogP contribution in [-0.2, 0) is 34.3 Å². The van der Waals surface area contributed by atoms with Gasteiger partial charge in [0.05, 0.1) is 12.6 Å². The van der Waals surface area contributed by atoms with Crippen LogP contribution in [0.4, 0.5) is 13.6 Å². The van der Waals surface area contributed by atoms with E-state index in [4.69, 9.17) is 46.9 Å². The van der Waals surface area contributed by atoms with Crippen molar-refractivity contribution in [2.75, 3.05) is 38.5 Å². The number of hydrogen-bond donors (Lipinski definition) is 1. The topological polar surface area (TPSA) is 120 Å². The Kier molecular flexibility index (Phi) is 15.4. The first-order valence-corrected chi connectivity index (χ1v) is 25.0. The molecule has 2 bridgehead atoms. The van der Waals surface area contributed by atoms with E-state index in [1.54, 1.807) is 48.3 Å². The molecule has 5 heterocycles. The number of hydrogen-bond acceptors (Lipinski definition) is 10. The van der Waals surface area contributed by atoms with E-state index in [-0.39, 0.29) is 36.5 Å². The lowest BCUT2D eigenvalue weighted by Crippen LogP contribution is -2.52. The predicted octanol–water partition coefficient (Wildman–Crippen LogP) is 9.74. The number of aryl methyl sites for hydroxylation is 1. The lowest BCUT2D eigenvalue weighted by molar-refractivity contribution is -0.671. The highest BCUT2D eigenvalue weighted by molar-refractivity contribution is 8.00. The molecule has 0 radical (unpaired) electrons. The van der Waals surface area contributed by atoms with Crippen molar-refractivity contribution in [2.24, 2.45) is 18.9 Å². The highest BCUT2D eigenvalue weighted by Crippen LogP contribution is 2.39. The molecule has 4 atom stereocenters. The molecule has 2 amide bonds. The maximum atomic E-state index is 14.2. The van der Waals surface area contributed by atoms with Crippen LogP contribution in [0.3, 0.4) is 0 Å². The van der Waals surface area contributed by atoms with Gasteiger partial charge in [-0.1, -0.05) is 83.9 Å². The molecule has 4 aliphatic heterocycles. The zero-order valence-electron chi connectivity index (χ0n) is 37.9. The Morgan fingerprint density at radius 1 is 0.826 bits per heavy atom. The third-order valence-corrected chi connectivity index (χ3v) is 14.8. The Morgan fingerprint density at radius 2 is 1.57 bits per heavy atom. The molecule has 5 fully saturated rings. The third kappa shape index (κ3) is 12.2. The fraction of sp³-hybridized carbons (Fsp3) is 0.385. The maximum absolute atomic E-state index is 14.2. The van der Waals surface area contributed by atoms with Gasteiger partial charge in [0, 0.05) is 36.4 Å². The van der Waals surface area contributed by atoms with Crippen LogP contribution in [0.15, 0.2) is 109 Å². The van der Waals surface area contributed by atoms with Crippen LogP contribution in [0.25, 0.3) is 0 Å². The van der Waals surface area contributed by atoms with E-state index in [0.717, 1.165) is 62.0 Å². The monoisotopic (exact) mass is 1000 g/mol. The molecular formula is C52H53Cl2F2N4O8S+. The van der Waals surface area contributed by atoms with Crippen molar-refractivity contribution in [1.82, 2.24) is 15.1 Å². The van der Waals surface area contributed by atoms with Crippen LogP contribution in [0.1, 0.15) is 76.0 Å². The minimum atomic E-state index is -3.08. The smallest absolute Gasteiger partial charge is 0.408 e. The summed E-state index contributed by atoms with van der Waals surface area (Å²) in [6, 6.07) is 28.3. The van der Waals surface area contributed by atoms with Crippen molar-refractivity contribution in [1.29, 1.82) is 0 Å². The summed E-state index contributed by atoms with van der Waals surface area (Å²) in [6.45, 7) is 0.632. The maximum Gasteiger partial charge on any atom is 0.408 e. The largest absolute Gasteiger partial charge is 0.489 e. The van der Waals surface area contributed by atoms with Crippen molar-refractivity contribution in [3.05, 3.63) is 153 Å². The molecular weight excluding hydrogens is 950 g/mol. The summed E-state index contributed by atoms with van der Waals surface area (Å²) in [7, 11) is 1.77. The number of nitrogens with zero attached hydrogens (tertiary/aromatic N) is 3. The molecule has 5 aromatic rings. The SMILES string of the molecule is C[n+]1cc(Cl)c(C[C@H](OC(=O)[C@@H]2SCCN2C(=O)c2ccc(COc3cccc([C@@H](NC(=O)O[C@H]4CN5CCC4CC5)c4ccccc4)c3)cc2)c2ccc(OC(F)F)c(OCC3CC3)c2)c(Cl)c1. The van der Waals surface area contributed by atoms with Crippen LogP contribution < -0.4 is 24.1 Å². The van der Waals surface area contributed by atoms with Gasteiger partial charge in [0.15, 0.2) is 29.3 Å². The molecule has 4 aromatic carbocycles. The molecule has 1 aromatic heterocycles. The second kappa shape index (κ2) is 22.0. The number of rotatable bonds is 18. The summed E-state index contributed by atoms with van der Waals surface area (Å²) in [4.78, 5) is 45.4. The number of carbonyl (C=O) groups is 3. The Labute approximate surface area is 414 Å². The molecule has 0 unspecified atom stereocenters. The van der Waals surface area contributed by atoms with E-state index in [0.29, 0.717) is 63.2 Å². The van der Waals surface area contributed by atoms with Crippen LogP contribution in [0.5, 0.6) is 17.2 Å². The summed E-state index contributed by atoms with van der Waals surface area (Å²) in [5.74, 6) is 0.734. The quantitative estimate of drug-likeness (QED) is 0.0672. The normalized spacial score (nSPS) is 20.5. The number of fused-ring (bicyclic) bond motifs is 3. The number of piperidine rings is 3. The van der Waals surface area contributed by atoms with Gasteiger partial charge in [-0.15, -0.1) is 11.8 Å². The minimum Gasteiger partial charge on any atom is -0.489 e. The van der Waals surface area contributed by atoms with Crippen molar-refractivity contribution in [3.63, 3.8) is 0 Å². The molecule has 12 nitrogen and oxygen atoms in total. The number of pyridine rings is 1. The van der Waals surface area contributed by atoms with Crippen LogP contribution in [-0.4, -0.2) is 84.4 Å². The fourth-order valence-corrected chi connectivity index (χ4v) is 10.9. The second-order valence-electron chi connectivity index (χ2n) is 17.9. The van der Waals surface area contributed by atoms with Crippen LogP contribution in [0, 0.1) is 11.8 Å². The van der Waals surface area contributed by atoms with Gasteiger partial charge in [-0.25, -0.2) is 14.2 Å². The van der Waals surface area contributed by atoms with Crippen LogP contribution >= 0.6 is 35.0 Å². The highest BCUT2D eigenvalue weighted by atomic mass is 35.5. The molecule has 362 valence electrons.